The molecule has 9 heteroatoms. The Kier molecular flexibility index (Phi) is 9.35. The van der Waals surface area contributed by atoms with Crippen LogP contribution in [0.5, 0.6) is 0 Å². The van der Waals surface area contributed by atoms with Crippen LogP contribution < -0.4 is 9.62 Å². The smallest absolute Gasteiger partial charge is 0.244 e. The Morgan fingerprint density at radius 2 is 1.71 bits per heavy atom. The van der Waals surface area contributed by atoms with Crippen molar-refractivity contribution in [1.29, 1.82) is 0 Å². The van der Waals surface area contributed by atoms with E-state index in [4.69, 9.17) is 0 Å². The largest absolute Gasteiger partial charge is 0.352 e. The minimum atomic E-state index is -3.74. The van der Waals surface area contributed by atoms with Crippen LogP contribution in [-0.4, -0.2) is 50.0 Å². The van der Waals surface area contributed by atoms with Gasteiger partial charge in [0.25, 0.3) is 0 Å². The monoisotopic (exact) mass is 563 g/mol. The molecule has 0 heterocycles. The molecule has 2 amide bonds. The number of para-hydroxylation sites is 1. The van der Waals surface area contributed by atoms with Crippen LogP contribution in [-0.2, 0) is 32.6 Å². The molecule has 3 rings (SSSR count). The molecular weight excluding hydrogens is 530 g/mol. The van der Waals surface area contributed by atoms with Crippen molar-refractivity contribution in [3.05, 3.63) is 64.1 Å². The van der Waals surface area contributed by atoms with Crippen LogP contribution in [0.1, 0.15) is 50.7 Å². The van der Waals surface area contributed by atoms with Gasteiger partial charge in [0.15, 0.2) is 0 Å². The summed E-state index contributed by atoms with van der Waals surface area (Å²) in [5.41, 5.74) is 2.16. The van der Waals surface area contributed by atoms with Crippen LogP contribution >= 0.6 is 15.9 Å². The summed E-state index contributed by atoms with van der Waals surface area (Å²) in [6.45, 7) is 3.45. The number of benzene rings is 2. The molecule has 0 aromatic heterocycles. The maximum Gasteiger partial charge on any atom is 0.244 e. The van der Waals surface area contributed by atoms with Crippen molar-refractivity contribution in [3.63, 3.8) is 0 Å². The summed E-state index contributed by atoms with van der Waals surface area (Å²) in [5, 5.41) is 3.07. The minimum Gasteiger partial charge on any atom is -0.352 e. The predicted molar refractivity (Wildman–Crippen MR) is 143 cm³/mol. The highest BCUT2D eigenvalue weighted by Crippen LogP contribution is 2.24. The number of nitrogens with one attached hydrogen (secondary N) is 1. The van der Waals surface area contributed by atoms with E-state index in [1.807, 2.05) is 43.3 Å². The molecule has 190 valence electrons. The zero-order valence-corrected chi connectivity index (χ0v) is 22.9. The Bertz CT molecular complexity index is 1130. The zero-order chi connectivity index (χ0) is 25.6. The fourth-order valence-corrected chi connectivity index (χ4v) is 5.55. The molecule has 1 aliphatic rings. The van der Waals surface area contributed by atoms with Crippen molar-refractivity contribution in [2.45, 2.75) is 64.6 Å². The van der Waals surface area contributed by atoms with Gasteiger partial charge in [-0.2, -0.15) is 0 Å². The summed E-state index contributed by atoms with van der Waals surface area (Å²) in [6.07, 6.45) is 5.77. The Morgan fingerprint density at radius 1 is 1.09 bits per heavy atom. The number of nitrogens with zero attached hydrogens (tertiary/aromatic N) is 2. The maximum atomic E-state index is 13.7. The number of sulfonamides is 1. The summed E-state index contributed by atoms with van der Waals surface area (Å²) in [5.74, 6) is -0.652. The molecule has 1 aliphatic carbocycles. The van der Waals surface area contributed by atoms with Gasteiger partial charge in [0.05, 0.1) is 11.9 Å². The summed E-state index contributed by atoms with van der Waals surface area (Å²) < 4.78 is 27.6. The van der Waals surface area contributed by atoms with Gasteiger partial charge in [0, 0.05) is 17.1 Å². The lowest BCUT2D eigenvalue weighted by Gasteiger charge is -2.32. The van der Waals surface area contributed by atoms with Gasteiger partial charge in [-0.3, -0.25) is 13.9 Å². The van der Waals surface area contributed by atoms with E-state index in [0.717, 1.165) is 51.8 Å². The summed E-state index contributed by atoms with van der Waals surface area (Å²) in [7, 11) is -3.74. The van der Waals surface area contributed by atoms with Gasteiger partial charge in [-0.15, -0.1) is 0 Å². The first kappa shape index (κ1) is 27.2. The van der Waals surface area contributed by atoms with E-state index in [9.17, 15) is 18.0 Å². The van der Waals surface area contributed by atoms with Crippen LogP contribution in [0.15, 0.2) is 53.0 Å². The van der Waals surface area contributed by atoms with Crippen molar-refractivity contribution in [3.8, 4) is 0 Å². The van der Waals surface area contributed by atoms with Crippen molar-refractivity contribution in [2.75, 3.05) is 17.1 Å². The third-order valence-corrected chi connectivity index (χ3v) is 8.11. The van der Waals surface area contributed by atoms with E-state index < -0.39 is 22.0 Å². The molecule has 0 aliphatic heterocycles. The summed E-state index contributed by atoms with van der Waals surface area (Å²) in [6, 6.07) is 14.1. The van der Waals surface area contributed by atoms with Gasteiger partial charge < -0.3 is 10.2 Å². The number of hydrogen-bond acceptors (Lipinski definition) is 4. The number of anilines is 1. The molecule has 1 saturated carbocycles. The minimum absolute atomic E-state index is 0.124. The van der Waals surface area contributed by atoms with Crippen LogP contribution in [0.3, 0.4) is 0 Å². The van der Waals surface area contributed by atoms with E-state index in [1.54, 1.807) is 19.1 Å². The van der Waals surface area contributed by atoms with Crippen molar-refractivity contribution in [1.82, 2.24) is 10.2 Å². The SMILES string of the molecule is CCc1ccccc1N(CC(=O)N(Cc1ccc(Br)cc1)[C@H](C)C(=O)NC1CCCC1)S(C)(=O)=O. The Balaban J connectivity index is 1.89. The van der Waals surface area contributed by atoms with Gasteiger partial charge in [0.2, 0.25) is 21.8 Å². The predicted octanol–water partition coefficient (Wildman–Crippen LogP) is 4.25. The normalized spacial score (nSPS) is 15.0. The molecule has 0 spiro atoms. The zero-order valence-electron chi connectivity index (χ0n) is 20.5. The summed E-state index contributed by atoms with van der Waals surface area (Å²) in [4.78, 5) is 28.2. The molecule has 2 aromatic rings. The molecule has 2 aromatic carbocycles. The second-order valence-electron chi connectivity index (χ2n) is 9.07. The number of rotatable bonds is 10. The lowest BCUT2D eigenvalue weighted by Crippen LogP contribution is -2.52. The topological polar surface area (TPSA) is 86.8 Å². The first-order valence-electron chi connectivity index (χ1n) is 12.0. The van der Waals surface area contributed by atoms with Crippen LogP contribution in [0.4, 0.5) is 5.69 Å². The average Bonchev–Trinajstić information content (AvgIpc) is 3.34. The lowest BCUT2D eigenvalue weighted by molar-refractivity contribution is -0.139. The molecule has 0 saturated heterocycles. The third kappa shape index (κ3) is 7.30. The Morgan fingerprint density at radius 3 is 2.31 bits per heavy atom. The molecule has 1 N–H and O–H groups in total. The fraction of sp³-hybridized carbons (Fsp3) is 0.462. The number of carbonyl (C=O) groups is 2. The molecular formula is C26H34BrN3O4S. The molecule has 0 radical (unpaired) electrons. The molecule has 7 nitrogen and oxygen atoms in total. The standard InChI is InChI=1S/C26H34BrN3O4S/c1-4-21-9-5-8-12-24(21)30(35(3,33)34)18-25(31)29(17-20-13-15-22(27)16-14-20)19(2)26(32)28-23-10-6-7-11-23/h5,8-9,12-16,19,23H,4,6-7,10-11,17-18H2,1-3H3,(H,28,32)/t19-/m1/s1. The van der Waals surface area contributed by atoms with E-state index in [2.05, 4.69) is 21.2 Å². The maximum absolute atomic E-state index is 13.7. The van der Waals surface area contributed by atoms with Crippen molar-refractivity contribution in [2.24, 2.45) is 0 Å². The molecule has 1 atom stereocenters. The first-order valence-corrected chi connectivity index (χ1v) is 14.6. The highest BCUT2D eigenvalue weighted by atomic mass is 79.9. The highest BCUT2D eigenvalue weighted by molar-refractivity contribution is 9.10. The number of aryl methyl sites for hydroxylation is 1. The van der Waals surface area contributed by atoms with Gasteiger partial charge in [-0.05, 0) is 55.5 Å². The quantitative estimate of drug-likeness (QED) is 0.468. The number of amides is 2. The van der Waals surface area contributed by atoms with Crippen molar-refractivity contribution >= 4 is 43.5 Å². The van der Waals surface area contributed by atoms with Gasteiger partial charge in [0.1, 0.15) is 12.6 Å². The first-order chi connectivity index (χ1) is 16.6. The summed E-state index contributed by atoms with van der Waals surface area (Å²) >= 11 is 3.42. The van der Waals surface area contributed by atoms with Gasteiger partial charge >= 0.3 is 0 Å². The van der Waals surface area contributed by atoms with Crippen LogP contribution in [0.2, 0.25) is 0 Å². The second kappa shape index (κ2) is 12.0. The highest BCUT2D eigenvalue weighted by Gasteiger charge is 2.31. The number of halogens is 1. The molecule has 1 fully saturated rings. The van der Waals surface area contributed by atoms with E-state index in [1.165, 1.54) is 4.90 Å². The van der Waals surface area contributed by atoms with E-state index >= 15 is 0 Å². The molecule has 0 bridgehead atoms. The Hall–Kier alpha value is -2.39. The third-order valence-electron chi connectivity index (χ3n) is 6.46. The fourth-order valence-electron chi connectivity index (χ4n) is 4.41. The molecule has 35 heavy (non-hydrogen) atoms. The second-order valence-corrected chi connectivity index (χ2v) is 11.9. The van der Waals surface area contributed by atoms with Crippen LogP contribution in [0.25, 0.3) is 0 Å². The van der Waals surface area contributed by atoms with Crippen molar-refractivity contribution < 1.29 is 18.0 Å². The number of hydrogen-bond donors (Lipinski definition) is 1. The van der Waals surface area contributed by atoms with Gasteiger partial charge in [-0.25, -0.2) is 8.42 Å². The van der Waals surface area contributed by atoms with Gasteiger partial charge in [-0.1, -0.05) is 66.0 Å². The lowest BCUT2D eigenvalue weighted by atomic mass is 10.1. The average molecular weight is 565 g/mol. The molecule has 0 unspecified atom stereocenters. The van der Waals surface area contributed by atoms with E-state index in [-0.39, 0.29) is 25.0 Å². The van der Waals surface area contributed by atoms with E-state index in [0.29, 0.717) is 12.1 Å². The van der Waals surface area contributed by atoms with Crippen LogP contribution in [0, 0.1) is 0 Å². The Labute approximate surface area is 217 Å². The number of carbonyl (C=O) groups excluding carboxylic acids is 2.